The third-order valence-corrected chi connectivity index (χ3v) is 4.44. The Hall–Kier alpha value is -0.120. The van der Waals surface area contributed by atoms with Crippen LogP contribution in [0.4, 0.5) is 0 Å². The first-order chi connectivity index (χ1) is 7.66. The highest BCUT2D eigenvalue weighted by atomic mass is 15.2. The SMILES string of the molecule is CC1CCNC1CN1CCC(N(C)C)CC1. The van der Waals surface area contributed by atoms with Crippen LogP contribution in [0.25, 0.3) is 0 Å². The molecule has 2 unspecified atom stereocenters. The first kappa shape index (κ1) is 12.3. The van der Waals surface area contributed by atoms with Crippen molar-refractivity contribution in [1.82, 2.24) is 15.1 Å². The van der Waals surface area contributed by atoms with E-state index in [1.165, 1.54) is 45.4 Å². The number of nitrogens with one attached hydrogen (secondary N) is 1. The predicted molar refractivity (Wildman–Crippen MR) is 68.7 cm³/mol. The van der Waals surface area contributed by atoms with Gasteiger partial charge in [0, 0.05) is 18.6 Å². The van der Waals surface area contributed by atoms with Crippen LogP contribution in [-0.4, -0.2) is 62.2 Å². The third kappa shape index (κ3) is 2.96. The lowest BCUT2D eigenvalue weighted by Gasteiger charge is -2.36. The number of hydrogen-bond acceptors (Lipinski definition) is 3. The minimum absolute atomic E-state index is 0.746. The van der Waals surface area contributed by atoms with Crippen LogP contribution in [0, 0.1) is 5.92 Å². The molecule has 0 bridgehead atoms. The number of piperidine rings is 1. The number of likely N-dealkylation sites (tertiary alicyclic amines) is 1. The maximum Gasteiger partial charge on any atom is 0.0221 e. The molecule has 2 aliphatic heterocycles. The Labute approximate surface area is 100 Å². The summed E-state index contributed by atoms with van der Waals surface area (Å²) in [4.78, 5) is 5.03. The summed E-state index contributed by atoms with van der Waals surface area (Å²) in [6.45, 7) is 7.44. The zero-order chi connectivity index (χ0) is 11.5. The molecule has 3 nitrogen and oxygen atoms in total. The number of nitrogens with zero attached hydrogens (tertiary/aromatic N) is 2. The largest absolute Gasteiger partial charge is 0.312 e. The van der Waals surface area contributed by atoms with E-state index < -0.39 is 0 Å². The van der Waals surface area contributed by atoms with E-state index in [-0.39, 0.29) is 0 Å². The quantitative estimate of drug-likeness (QED) is 0.773. The van der Waals surface area contributed by atoms with Gasteiger partial charge in [-0.2, -0.15) is 0 Å². The highest BCUT2D eigenvalue weighted by molar-refractivity contribution is 4.86. The summed E-state index contributed by atoms with van der Waals surface area (Å²) in [7, 11) is 4.42. The molecular weight excluding hydrogens is 198 g/mol. The van der Waals surface area contributed by atoms with Crippen molar-refractivity contribution in [3.63, 3.8) is 0 Å². The van der Waals surface area contributed by atoms with Gasteiger partial charge in [0.2, 0.25) is 0 Å². The Morgan fingerprint density at radius 3 is 2.38 bits per heavy atom. The van der Waals surface area contributed by atoms with E-state index in [1.807, 2.05) is 0 Å². The van der Waals surface area contributed by atoms with Crippen molar-refractivity contribution in [2.45, 2.75) is 38.3 Å². The molecule has 2 heterocycles. The lowest BCUT2D eigenvalue weighted by molar-refractivity contribution is 0.133. The van der Waals surface area contributed by atoms with E-state index in [0.29, 0.717) is 0 Å². The Morgan fingerprint density at radius 2 is 1.88 bits per heavy atom. The summed E-state index contributed by atoms with van der Waals surface area (Å²) in [5.74, 6) is 0.867. The standard InChI is InChI=1S/C13H27N3/c1-11-4-7-14-13(11)10-16-8-5-12(6-9-16)15(2)3/h11-14H,4-10H2,1-3H3. The van der Waals surface area contributed by atoms with Gasteiger partial charge in [0.15, 0.2) is 0 Å². The van der Waals surface area contributed by atoms with Gasteiger partial charge in [0.1, 0.15) is 0 Å². The summed E-state index contributed by atoms with van der Waals surface area (Å²) in [5.41, 5.74) is 0. The van der Waals surface area contributed by atoms with Gasteiger partial charge in [-0.05, 0) is 58.9 Å². The van der Waals surface area contributed by atoms with Gasteiger partial charge < -0.3 is 15.1 Å². The van der Waals surface area contributed by atoms with E-state index in [2.05, 4.69) is 36.1 Å². The molecule has 2 rings (SSSR count). The molecule has 0 aromatic heterocycles. The van der Waals surface area contributed by atoms with E-state index in [4.69, 9.17) is 0 Å². The van der Waals surface area contributed by atoms with Gasteiger partial charge in [-0.15, -0.1) is 0 Å². The molecule has 0 aromatic carbocycles. The van der Waals surface area contributed by atoms with Crippen molar-refractivity contribution < 1.29 is 0 Å². The molecule has 0 aromatic rings. The van der Waals surface area contributed by atoms with Crippen LogP contribution < -0.4 is 5.32 Å². The fraction of sp³-hybridized carbons (Fsp3) is 1.00. The molecule has 0 radical (unpaired) electrons. The normalized spacial score (nSPS) is 33.8. The van der Waals surface area contributed by atoms with Crippen LogP contribution in [0.15, 0.2) is 0 Å². The number of rotatable bonds is 3. The van der Waals surface area contributed by atoms with Gasteiger partial charge in [0.05, 0.1) is 0 Å². The second kappa shape index (κ2) is 5.48. The molecule has 2 aliphatic rings. The maximum atomic E-state index is 3.64. The van der Waals surface area contributed by atoms with Crippen molar-refractivity contribution in [3.8, 4) is 0 Å². The second-order valence-corrected chi connectivity index (χ2v) is 5.82. The van der Waals surface area contributed by atoms with E-state index in [9.17, 15) is 0 Å². The summed E-state index contributed by atoms with van der Waals surface area (Å²) < 4.78 is 0. The molecule has 0 saturated carbocycles. The van der Waals surface area contributed by atoms with Gasteiger partial charge in [-0.3, -0.25) is 0 Å². The van der Waals surface area contributed by atoms with Crippen LogP contribution >= 0.6 is 0 Å². The highest BCUT2D eigenvalue weighted by Gasteiger charge is 2.27. The molecule has 2 fully saturated rings. The molecule has 0 amide bonds. The molecule has 2 saturated heterocycles. The van der Waals surface area contributed by atoms with Gasteiger partial charge >= 0.3 is 0 Å². The predicted octanol–water partition coefficient (Wildman–Crippen LogP) is 1.01. The first-order valence-electron chi connectivity index (χ1n) is 6.79. The molecular formula is C13H27N3. The highest BCUT2D eigenvalue weighted by Crippen LogP contribution is 2.19. The lowest BCUT2D eigenvalue weighted by atomic mass is 10.00. The lowest BCUT2D eigenvalue weighted by Crippen LogP contribution is -2.47. The second-order valence-electron chi connectivity index (χ2n) is 5.82. The average molecular weight is 225 g/mol. The van der Waals surface area contributed by atoms with Gasteiger partial charge in [-0.1, -0.05) is 6.92 Å². The monoisotopic (exact) mass is 225 g/mol. The Morgan fingerprint density at radius 1 is 1.19 bits per heavy atom. The first-order valence-corrected chi connectivity index (χ1v) is 6.79. The fourth-order valence-electron chi connectivity index (χ4n) is 3.04. The average Bonchev–Trinajstić information content (AvgIpc) is 2.65. The van der Waals surface area contributed by atoms with Crippen molar-refractivity contribution in [1.29, 1.82) is 0 Å². The van der Waals surface area contributed by atoms with Crippen molar-refractivity contribution in [2.75, 3.05) is 40.3 Å². The van der Waals surface area contributed by atoms with Crippen molar-refractivity contribution in [2.24, 2.45) is 5.92 Å². The zero-order valence-corrected chi connectivity index (χ0v) is 11.1. The smallest absolute Gasteiger partial charge is 0.0221 e. The molecule has 16 heavy (non-hydrogen) atoms. The van der Waals surface area contributed by atoms with Crippen LogP contribution in [0.5, 0.6) is 0 Å². The van der Waals surface area contributed by atoms with E-state index >= 15 is 0 Å². The van der Waals surface area contributed by atoms with Crippen LogP contribution in [-0.2, 0) is 0 Å². The third-order valence-electron chi connectivity index (χ3n) is 4.44. The zero-order valence-electron chi connectivity index (χ0n) is 11.1. The fourth-order valence-corrected chi connectivity index (χ4v) is 3.04. The van der Waals surface area contributed by atoms with Crippen molar-refractivity contribution >= 4 is 0 Å². The summed E-state index contributed by atoms with van der Waals surface area (Å²) in [6.07, 6.45) is 4.04. The Bertz CT molecular complexity index is 209. The molecule has 2 atom stereocenters. The van der Waals surface area contributed by atoms with E-state index in [1.54, 1.807) is 0 Å². The van der Waals surface area contributed by atoms with Crippen LogP contribution in [0.1, 0.15) is 26.2 Å². The summed E-state index contributed by atoms with van der Waals surface area (Å²) in [5, 5.41) is 3.64. The van der Waals surface area contributed by atoms with Crippen LogP contribution in [0.2, 0.25) is 0 Å². The molecule has 94 valence electrons. The Balaban J connectivity index is 1.72. The molecule has 3 heteroatoms. The minimum atomic E-state index is 0.746. The Kier molecular flexibility index (Phi) is 4.22. The molecule has 1 N–H and O–H groups in total. The van der Waals surface area contributed by atoms with Crippen molar-refractivity contribution in [3.05, 3.63) is 0 Å². The topological polar surface area (TPSA) is 18.5 Å². The maximum absolute atomic E-state index is 3.64. The minimum Gasteiger partial charge on any atom is -0.312 e. The summed E-state index contributed by atoms with van der Waals surface area (Å²) in [6, 6.07) is 1.56. The van der Waals surface area contributed by atoms with E-state index in [0.717, 1.165) is 18.0 Å². The van der Waals surface area contributed by atoms with Gasteiger partial charge in [-0.25, -0.2) is 0 Å². The number of hydrogen-bond donors (Lipinski definition) is 1. The van der Waals surface area contributed by atoms with Crippen LogP contribution in [0.3, 0.4) is 0 Å². The van der Waals surface area contributed by atoms with Gasteiger partial charge in [0.25, 0.3) is 0 Å². The molecule has 0 aliphatic carbocycles. The summed E-state index contributed by atoms with van der Waals surface area (Å²) >= 11 is 0. The molecule has 0 spiro atoms.